The van der Waals surface area contributed by atoms with Crippen LogP contribution in [-0.2, 0) is 26.2 Å². The number of carbonyl (C=O) groups is 2. The van der Waals surface area contributed by atoms with Gasteiger partial charge in [-0.3, -0.25) is 13.9 Å². The van der Waals surface area contributed by atoms with E-state index in [1.807, 2.05) is 52.0 Å². The third-order valence-electron chi connectivity index (χ3n) is 6.19. The Bertz CT molecular complexity index is 1420. The number of hydrogen-bond donors (Lipinski definition) is 1. The summed E-state index contributed by atoms with van der Waals surface area (Å²) in [5, 5.41) is 3.26. The van der Waals surface area contributed by atoms with Gasteiger partial charge in [0.2, 0.25) is 11.8 Å². The Labute approximate surface area is 236 Å². The Morgan fingerprint density at radius 1 is 0.949 bits per heavy atom. The van der Waals surface area contributed by atoms with Gasteiger partial charge in [-0.25, -0.2) is 8.42 Å². The minimum Gasteiger partial charge on any atom is -0.350 e. The first kappa shape index (κ1) is 30.2. The third kappa shape index (κ3) is 7.83. The van der Waals surface area contributed by atoms with E-state index >= 15 is 0 Å². The first-order valence-corrected chi connectivity index (χ1v) is 14.5. The van der Waals surface area contributed by atoms with Crippen LogP contribution in [0.3, 0.4) is 0 Å². The molecule has 1 atom stereocenters. The van der Waals surface area contributed by atoms with Crippen molar-refractivity contribution in [3.8, 4) is 0 Å². The maximum absolute atomic E-state index is 14.0. The van der Waals surface area contributed by atoms with Crippen molar-refractivity contribution >= 4 is 39.1 Å². The number of hydrogen-bond acceptors (Lipinski definition) is 4. The summed E-state index contributed by atoms with van der Waals surface area (Å²) >= 11 is 6.26. The van der Waals surface area contributed by atoms with Crippen molar-refractivity contribution < 1.29 is 18.0 Å². The second-order valence-corrected chi connectivity index (χ2v) is 13.0. The number of sulfonamides is 1. The maximum atomic E-state index is 14.0. The molecule has 1 N–H and O–H groups in total. The molecule has 0 bridgehead atoms. The Morgan fingerprint density at radius 2 is 1.56 bits per heavy atom. The van der Waals surface area contributed by atoms with Crippen LogP contribution in [0.2, 0.25) is 5.02 Å². The number of nitrogens with zero attached hydrogens (tertiary/aromatic N) is 2. The molecule has 0 saturated heterocycles. The van der Waals surface area contributed by atoms with Crippen molar-refractivity contribution in [2.45, 2.75) is 64.6 Å². The van der Waals surface area contributed by atoms with Gasteiger partial charge in [0.25, 0.3) is 10.0 Å². The Kier molecular flexibility index (Phi) is 9.46. The van der Waals surface area contributed by atoms with Gasteiger partial charge in [-0.05, 0) is 76.9 Å². The van der Waals surface area contributed by atoms with Crippen LogP contribution in [0, 0.1) is 13.8 Å². The van der Waals surface area contributed by atoms with E-state index < -0.39 is 34.1 Å². The van der Waals surface area contributed by atoms with E-state index in [4.69, 9.17) is 11.6 Å². The van der Waals surface area contributed by atoms with E-state index in [9.17, 15) is 18.0 Å². The molecule has 0 aliphatic carbocycles. The van der Waals surface area contributed by atoms with Gasteiger partial charge in [0.1, 0.15) is 12.6 Å². The van der Waals surface area contributed by atoms with Crippen molar-refractivity contribution in [2.24, 2.45) is 0 Å². The molecule has 39 heavy (non-hydrogen) atoms. The van der Waals surface area contributed by atoms with Gasteiger partial charge in [0.05, 0.1) is 10.6 Å². The molecule has 3 rings (SSSR count). The second-order valence-electron chi connectivity index (χ2n) is 10.7. The molecule has 208 valence electrons. The number of halogens is 1. The zero-order chi connectivity index (χ0) is 29.0. The highest BCUT2D eigenvalue weighted by Crippen LogP contribution is 2.30. The van der Waals surface area contributed by atoms with Gasteiger partial charge >= 0.3 is 0 Å². The van der Waals surface area contributed by atoms with Crippen LogP contribution in [0.1, 0.15) is 44.4 Å². The molecule has 0 aromatic heterocycles. The van der Waals surface area contributed by atoms with Crippen LogP contribution < -0.4 is 9.62 Å². The topological polar surface area (TPSA) is 86.8 Å². The molecule has 0 spiro atoms. The lowest BCUT2D eigenvalue weighted by atomic mass is 10.1. The standard InChI is InChI=1S/C30H36ClN3O4S/c1-21-12-15-24(16-13-21)19-33(23(3)29(36)32-30(4,5)6)28(35)20-34(27-18-25(31)17-14-22(27)2)39(37,38)26-10-8-7-9-11-26/h7-18,23H,19-20H2,1-6H3,(H,32,36). The summed E-state index contributed by atoms with van der Waals surface area (Å²) < 4.78 is 28.8. The van der Waals surface area contributed by atoms with Crippen molar-refractivity contribution in [2.75, 3.05) is 10.8 Å². The van der Waals surface area contributed by atoms with Gasteiger partial charge in [-0.1, -0.05) is 65.7 Å². The molecule has 9 heteroatoms. The summed E-state index contributed by atoms with van der Waals surface area (Å²) in [6.45, 7) is 10.6. The largest absolute Gasteiger partial charge is 0.350 e. The van der Waals surface area contributed by atoms with E-state index in [1.165, 1.54) is 23.1 Å². The highest BCUT2D eigenvalue weighted by Gasteiger charge is 2.34. The minimum atomic E-state index is -4.15. The number of aryl methyl sites for hydroxylation is 2. The van der Waals surface area contributed by atoms with Crippen LogP contribution >= 0.6 is 11.6 Å². The van der Waals surface area contributed by atoms with Crippen molar-refractivity contribution in [1.82, 2.24) is 10.2 Å². The predicted molar refractivity (Wildman–Crippen MR) is 156 cm³/mol. The number of amides is 2. The fourth-order valence-electron chi connectivity index (χ4n) is 4.03. The first-order valence-electron chi connectivity index (χ1n) is 12.7. The Morgan fingerprint density at radius 3 is 2.15 bits per heavy atom. The Balaban J connectivity index is 2.06. The molecule has 0 fully saturated rings. The van der Waals surface area contributed by atoms with Crippen LogP contribution in [-0.4, -0.2) is 43.3 Å². The first-order chi connectivity index (χ1) is 18.2. The number of carbonyl (C=O) groups excluding carboxylic acids is 2. The minimum absolute atomic E-state index is 0.0424. The summed E-state index contributed by atoms with van der Waals surface area (Å²) in [4.78, 5) is 28.6. The van der Waals surface area contributed by atoms with Crippen LogP contribution in [0.4, 0.5) is 5.69 Å². The van der Waals surface area contributed by atoms with Crippen molar-refractivity contribution in [3.63, 3.8) is 0 Å². The molecule has 0 heterocycles. The van der Waals surface area contributed by atoms with E-state index in [1.54, 1.807) is 44.2 Å². The summed E-state index contributed by atoms with van der Waals surface area (Å²) in [5.41, 5.74) is 2.30. The molecule has 0 saturated carbocycles. The Hall–Kier alpha value is -3.36. The van der Waals surface area contributed by atoms with E-state index in [0.717, 1.165) is 15.4 Å². The van der Waals surface area contributed by atoms with Gasteiger partial charge in [-0.15, -0.1) is 0 Å². The SMILES string of the molecule is Cc1ccc(CN(C(=O)CN(c2cc(Cl)ccc2C)S(=O)(=O)c2ccccc2)C(C)C(=O)NC(C)(C)C)cc1. The van der Waals surface area contributed by atoms with E-state index in [2.05, 4.69) is 5.32 Å². The molecule has 1 unspecified atom stereocenters. The number of nitrogens with one attached hydrogen (secondary N) is 1. The highest BCUT2D eigenvalue weighted by atomic mass is 35.5. The summed E-state index contributed by atoms with van der Waals surface area (Å²) in [7, 11) is -4.15. The lowest BCUT2D eigenvalue weighted by Gasteiger charge is -2.34. The van der Waals surface area contributed by atoms with Crippen molar-refractivity contribution in [1.29, 1.82) is 0 Å². The molecule has 3 aromatic rings. The molecule has 3 aromatic carbocycles. The number of rotatable bonds is 9. The fourth-order valence-corrected chi connectivity index (χ4v) is 5.69. The lowest BCUT2D eigenvalue weighted by Crippen LogP contribution is -2.54. The normalized spacial score (nSPS) is 12.5. The molecule has 0 radical (unpaired) electrons. The molecule has 2 amide bonds. The molecule has 7 nitrogen and oxygen atoms in total. The van der Waals surface area contributed by atoms with Gasteiger partial charge in [0, 0.05) is 17.1 Å². The van der Waals surface area contributed by atoms with Gasteiger partial charge in [-0.2, -0.15) is 0 Å². The monoisotopic (exact) mass is 569 g/mol. The summed E-state index contributed by atoms with van der Waals surface area (Å²) in [6.07, 6.45) is 0. The molecule has 0 aliphatic heterocycles. The van der Waals surface area contributed by atoms with Gasteiger partial charge < -0.3 is 10.2 Å². The third-order valence-corrected chi connectivity index (χ3v) is 8.20. The van der Waals surface area contributed by atoms with Crippen LogP contribution in [0.15, 0.2) is 77.7 Å². The van der Waals surface area contributed by atoms with E-state index in [0.29, 0.717) is 16.3 Å². The molecule has 0 aliphatic rings. The van der Waals surface area contributed by atoms with Gasteiger partial charge in [0.15, 0.2) is 0 Å². The average molecular weight is 570 g/mol. The van der Waals surface area contributed by atoms with Crippen LogP contribution in [0.25, 0.3) is 0 Å². The molecular weight excluding hydrogens is 534 g/mol. The average Bonchev–Trinajstić information content (AvgIpc) is 2.87. The second kappa shape index (κ2) is 12.2. The van der Waals surface area contributed by atoms with Crippen molar-refractivity contribution in [3.05, 3.63) is 94.5 Å². The quantitative estimate of drug-likeness (QED) is 0.369. The summed E-state index contributed by atoms with van der Waals surface area (Å²) in [5.74, 6) is -0.856. The number of anilines is 1. The zero-order valence-corrected chi connectivity index (χ0v) is 24.8. The van der Waals surface area contributed by atoms with Crippen LogP contribution in [0.5, 0.6) is 0 Å². The maximum Gasteiger partial charge on any atom is 0.264 e. The predicted octanol–water partition coefficient (Wildman–Crippen LogP) is 5.48. The summed E-state index contributed by atoms with van der Waals surface area (Å²) in [6, 6.07) is 19.6. The fraction of sp³-hybridized carbons (Fsp3) is 0.333. The zero-order valence-electron chi connectivity index (χ0n) is 23.2. The smallest absolute Gasteiger partial charge is 0.264 e. The highest BCUT2D eigenvalue weighted by molar-refractivity contribution is 7.92. The lowest BCUT2D eigenvalue weighted by molar-refractivity contribution is -0.140. The number of benzene rings is 3. The van der Waals surface area contributed by atoms with E-state index in [-0.39, 0.29) is 17.3 Å². The molecular formula is C30H36ClN3O4S.